The van der Waals surface area contributed by atoms with Gasteiger partial charge in [0.1, 0.15) is 0 Å². The second-order valence-electron chi connectivity index (χ2n) is 4.65. The zero-order chi connectivity index (χ0) is 12.7. The Morgan fingerprint density at radius 2 is 1.68 bits per heavy atom. The Morgan fingerprint density at radius 1 is 0.842 bits per heavy atom. The third-order valence-electron chi connectivity index (χ3n) is 3.47. The second-order valence-corrected chi connectivity index (χ2v) is 4.65. The first kappa shape index (κ1) is 10.3. The minimum absolute atomic E-state index is 1.03. The molecule has 0 amide bonds. The van der Waals surface area contributed by atoms with E-state index in [1.165, 1.54) is 21.9 Å². The summed E-state index contributed by atoms with van der Waals surface area (Å²) in [5.74, 6) is 0. The number of nitrogens with one attached hydrogen (secondary N) is 1. The summed E-state index contributed by atoms with van der Waals surface area (Å²) in [6, 6.07) is 20.8. The van der Waals surface area contributed by atoms with Crippen LogP contribution in [0.5, 0.6) is 0 Å². The summed E-state index contributed by atoms with van der Waals surface area (Å²) < 4.78 is 0. The average Bonchev–Trinajstić information content (AvgIpc) is 2.90. The predicted molar refractivity (Wildman–Crippen MR) is 79.0 cm³/mol. The molecule has 0 bridgehead atoms. The third kappa shape index (κ3) is 1.61. The Hall–Kier alpha value is -2.61. The monoisotopic (exact) mass is 244 g/mol. The van der Waals surface area contributed by atoms with Crippen molar-refractivity contribution in [3.63, 3.8) is 0 Å². The van der Waals surface area contributed by atoms with Crippen LogP contribution in [0.3, 0.4) is 0 Å². The molecule has 0 saturated heterocycles. The van der Waals surface area contributed by atoms with Crippen molar-refractivity contribution in [3.8, 4) is 11.3 Å². The molecule has 0 saturated carbocycles. The van der Waals surface area contributed by atoms with Crippen molar-refractivity contribution < 1.29 is 0 Å². The van der Waals surface area contributed by atoms with Gasteiger partial charge in [-0.3, -0.25) is 4.98 Å². The Morgan fingerprint density at radius 3 is 2.63 bits per heavy atom. The Kier molecular flexibility index (Phi) is 2.15. The molecule has 4 rings (SSSR count). The maximum atomic E-state index is 4.41. The molecule has 0 aliphatic heterocycles. The molecule has 0 spiro atoms. The smallest absolute Gasteiger partial charge is 0.0708 e. The van der Waals surface area contributed by atoms with Crippen molar-refractivity contribution >= 4 is 21.8 Å². The van der Waals surface area contributed by atoms with Crippen LogP contribution in [0.1, 0.15) is 0 Å². The molecule has 2 aromatic carbocycles. The number of para-hydroxylation sites is 2. The average molecular weight is 244 g/mol. The maximum absolute atomic E-state index is 4.41. The zero-order valence-electron chi connectivity index (χ0n) is 10.3. The summed E-state index contributed by atoms with van der Waals surface area (Å²) in [7, 11) is 0. The van der Waals surface area contributed by atoms with Gasteiger partial charge in [-0.2, -0.15) is 0 Å². The fraction of sp³-hybridized carbons (Fsp3) is 0. The van der Waals surface area contributed by atoms with E-state index in [1.54, 1.807) is 0 Å². The van der Waals surface area contributed by atoms with Crippen LogP contribution in [0, 0.1) is 0 Å². The van der Waals surface area contributed by atoms with E-state index in [-0.39, 0.29) is 0 Å². The quantitative estimate of drug-likeness (QED) is 0.528. The Bertz CT molecular complexity index is 836. The van der Waals surface area contributed by atoms with Crippen LogP contribution in [-0.2, 0) is 0 Å². The molecule has 1 N–H and O–H groups in total. The molecule has 2 nitrogen and oxygen atoms in total. The molecular weight excluding hydrogens is 232 g/mol. The van der Waals surface area contributed by atoms with Crippen LogP contribution in [0.15, 0.2) is 66.9 Å². The molecule has 2 heterocycles. The van der Waals surface area contributed by atoms with E-state index in [0.29, 0.717) is 0 Å². The lowest BCUT2D eigenvalue weighted by molar-refractivity contribution is 1.39. The number of nitrogens with zero attached hydrogens (tertiary/aromatic N) is 1. The number of fused-ring (bicyclic) bond motifs is 2. The highest BCUT2D eigenvalue weighted by Crippen LogP contribution is 2.29. The van der Waals surface area contributed by atoms with Crippen LogP contribution in [0.4, 0.5) is 0 Å². The molecule has 90 valence electrons. The minimum atomic E-state index is 1.03. The standard InChI is InChI=1S/C17H12N2/c1-3-7-15-12(5-1)11-17(19-15)14-9-10-18-16-8-4-2-6-13(14)16/h1-11,19H. The van der Waals surface area contributed by atoms with Crippen molar-refractivity contribution in [2.75, 3.05) is 0 Å². The van der Waals surface area contributed by atoms with E-state index in [0.717, 1.165) is 11.2 Å². The minimum Gasteiger partial charge on any atom is -0.355 e. The normalized spacial score (nSPS) is 11.2. The summed E-state index contributed by atoms with van der Waals surface area (Å²) >= 11 is 0. The highest BCUT2D eigenvalue weighted by molar-refractivity contribution is 5.96. The fourth-order valence-electron chi connectivity index (χ4n) is 2.55. The Balaban J connectivity index is 2.03. The van der Waals surface area contributed by atoms with Crippen LogP contribution in [0.25, 0.3) is 33.1 Å². The topological polar surface area (TPSA) is 28.7 Å². The van der Waals surface area contributed by atoms with Gasteiger partial charge >= 0.3 is 0 Å². The Labute approximate surface area is 110 Å². The largest absolute Gasteiger partial charge is 0.355 e. The van der Waals surface area contributed by atoms with E-state index in [2.05, 4.69) is 52.4 Å². The molecule has 0 aliphatic carbocycles. The number of H-pyrrole nitrogens is 1. The second kappa shape index (κ2) is 3.95. The fourth-order valence-corrected chi connectivity index (χ4v) is 2.55. The highest BCUT2D eigenvalue weighted by atomic mass is 14.7. The first-order valence-corrected chi connectivity index (χ1v) is 6.34. The van der Waals surface area contributed by atoms with Crippen molar-refractivity contribution in [2.45, 2.75) is 0 Å². The summed E-state index contributed by atoms with van der Waals surface area (Å²) in [5, 5.41) is 2.41. The van der Waals surface area contributed by atoms with Crippen molar-refractivity contribution in [1.82, 2.24) is 9.97 Å². The third-order valence-corrected chi connectivity index (χ3v) is 3.47. The highest BCUT2D eigenvalue weighted by Gasteiger charge is 2.06. The zero-order valence-corrected chi connectivity index (χ0v) is 10.3. The van der Waals surface area contributed by atoms with Gasteiger partial charge in [0, 0.05) is 33.7 Å². The van der Waals surface area contributed by atoms with Gasteiger partial charge in [-0.15, -0.1) is 0 Å². The van der Waals surface area contributed by atoms with E-state index in [9.17, 15) is 0 Å². The number of hydrogen-bond acceptors (Lipinski definition) is 1. The SMILES string of the molecule is c1ccc2[nH]c(-c3ccnc4ccccc34)cc2c1. The van der Waals surface area contributed by atoms with Crippen LogP contribution < -0.4 is 0 Å². The summed E-state index contributed by atoms with van der Waals surface area (Å²) in [5.41, 5.74) is 4.53. The lowest BCUT2D eigenvalue weighted by atomic mass is 10.1. The van der Waals surface area contributed by atoms with E-state index >= 15 is 0 Å². The lowest BCUT2D eigenvalue weighted by Crippen LogP contribution is -1.83. The predicted octanol–water partition coefficient (Wildman–Crippen LogP) is 4.38. The number of pyridine rings is 1. The lowest BCUT2D eigenvalue weighted by Gasteiger charge is -2.03. The van der Waals surface area contributed by atoms with Gasteiger partial charge in [0.15, 0.2) is 0 Å². The summed E-state index contributed by atoms with van der Waals surface area (Å²) in [6.45, 7) is 0. The van der Waals surface area contributed by atoms with Crippen LogP contribution in [-0.4, -0.2) is 9.97 Å². The first-order valence-electron chi connectivity index (χ1n) is 6.34. The van der Waals surface area contributed by atoms with Gasteiger partial charge in [0.25, 0.3) is 0 Å². The van der Waals surface area contributed by atoms with E-state index in [4.69, 9.17) is 0 Å². The molecule has 0 fully saturated rings. The number of aromatic amines is 1. The van der Waals surface area contributed by atoms with Crippen molar-refractivity contribution in [2.24, 2.45) is 0 Å². The number of rotatable bonds is 1. The molecular formula is C17H12N2. The van der Waals surface area contributed by atoms with Crippen LogP contribution in [0.2, 0.25) is 0 Å². The van der Waals surface area contributed by atoms with Gasteiger partial charge in [-0.25, -0.2) is 0 Å². The molecule has 4 aromatic rings. The summed E-state index contributed by atoms with van der Waals surface area (Å²) in [4.78, 5) is 7.88. The number of hydrogen-bond donors (Lipinski definition) is 1. The number of aromatic nitrogens is 2. The molecule has 0 aliphatic rings. The molecule has 2 heteroatoms. The maximum Gasteiger partial charge on any atom is 0.0708 e. The molecule has 2 aromatic heterocycles. The van der Waals surface area contributed by atoms with E-state index in [1.807, 2.05) is 24.4 Å². The van der Waals surface area contributed by atoms with Gasteiger partial charge < -0.3 is 4.98 Å². The van der Waals surface area contributed by atoms with Crippen LogP contribution >= 0.6 is 0 Å². The molecule has 19 heavy (non-hydrogen) atoms. The molecule has 0 atom stereocenters. The van der Waals surface area contributed by atoms with Crippen molar-refractivity contribution in [1.29, 1.82) is 0 Å². The van der Waals surface area contributed by atoms with Gasteiger partial charge in [-0.05, 0) is 24.3 Å². The van der Waals surface area contributed by atoms with Gasteiger partial charge in [-0.1, -0.05) is 36.4 Å². The molecule has 0 radical (unpaired) electrons. The van der Waals surface area contributed by atoms with Gasteiger partial charge in [0.05, 0.1) is 5.52 Å². The van der Waals surface area contributed by atoms with Crippen molar-refractivity contribution in [3.05, 3.63) is 66.9 Å². The first-order chi connectivity index (χ1) is 9.42. The van der Waals surface area contributed by atoms with Gasteiger partial charge in [0.2, 0.25) is 0 Å². The summed E-state index contributed by atoms with van der Waals surface area (Å²) in [6.07, 6.45) is 1.86. The molecule has 0 unspecified atom stereocenters. The van der Waals surface area contributed by atoms with E-state index < -0.39 is 0 Å². The number of benzene rings is 2.